The van der Waals surface area contributed by atoms with Gasteiger partial charge in [-0.05, 0) is 43.2 Å². The van der Waals surface area contributed by atoms with Crippen molar-refractivity contribution >= 4 is 40.8 Å². The van der Waals surface area contributed by atoms with Crippen molar-refractivity contribution < 1.29 is 23.9 Å². The van der Waals surface area contributed by atoms with Crippen LogP contribution in [0.25, 0.3) is 0 Å². The van der Waals surface area contributed by atoms with E-state index in [0.717, 1.165) is 16.8 Å². The summed E-state index contributed by atoms with van der Waals surface area (Å²) in [5.41, 5.74) is 2.98. The largest absolute Gasteiger partial charge is 0.495 e. The lowest BCUT2D eigenvalue weighted by molar-refractivity contribution is -0.147. The predicted octanol–water partition coefficient (Wildman–Crippen LogP) is 3.87. The van der Waals surface area contributed by atoms with Crippen molar-refractivity contribution in [2.75, 3.05) is 24.4 Å². The Morgan fingerprint density at radius 1 is 0.966 bits per heavy atom. The minimum atomic E-state index is -0.644. The molecule has 0 aromatic heterocycles. The molecular formula is C21H23ClN2O5. The molecule has 0 saturated carbocycles. The van der Waals surface area contributed by atoms with Gasteiger partial charge in [-0.25, -0.2) is 0 Å². The monoisotopic (exact) mass is 418 g/mol. The summed E-state index contributed by atoms with van der Waals surface area (Å²) in [7, 11) is 1.46. The Morgan fingerprint density at radius 3 is 2.31 bits per heavy atom. The number of aryl methyl sites for hydroxylation is 2. The lowest BCUT2D eigenvalue weighted by Crippen LogP contribution is -2.22. The fourth-order valence-corrected chi connectivity index (χ4v) is 2.78. The van der Waals surface area contributed by atoms with Gasteiger partial charge in [-0.3, -0.25) is 14.4 Å². The summed E-state index contributed by atoms with van der Waals surface area (Å²) >= 11 is 5.90. The van der Waals surface area contributed by atoms with Gasteiger partial charge in [0.05, 0.1) is 19.2 Å². The predicted molar refractivity (Wildman–Crippen MR) is 111 cm³/mol. The van der Waals surface area contributed by atoms with E-state index in [4.69, 9.17) is 21.1 Å². The Bertz CT molecular complexity index is 894. The van der Waals surface area contributed by atoms with Crippen molar-refractivity contribution in [3.05, 3.63) is 52.5 Å². The first-order valence-electron chi connectivity index (χ1n) is 8.95. The number of rotatable bonds is 8. The first-order valence-corrected chi connectivity index (χ1v) is 9.33. The SMILES string of the molecule is COc1ccc(Cl)cc1NC(=O)COC(=O)CCC(=O)Nc1c(C)cccc1C. The van der Waals surface area contributed by atoms with Crippen molar-refractivity contribution in [1.29, 1.82) is 0 Å². The second-order valence-corrected chi connectivity index (χ2v) is 6.80. The minimum Gasteiger partial charge on any atom is -0.495 e. The number of anilines is 2. The van der Waals surface area contributed by atoms with E-state index < -0.39 is 18.5 Å². The quantitative estimate of drug-likeness (QED) is 0.635. The number of halogens is 1. The van der Waals surface area contributed by atoms with Crippen LogP contribution in [0.3, 0.4) is 0 Å². The topological polar surface area (TPSA) is 93.7 Å². The van der Waals surface area contributed by atoms with E-state index in [1.54, 1.807) is 12.1 Å². The average molecular weight is 419 g/mol. The number of nitrogens with one attached hydrogen (secondary N) is 2. The van der Waals surface area contributed by atoms with E-state index in [2.05, 4.69) is 10.6 Å². The van der Waals surface area contributed by atoms with Crippen LogP contribution in [0, 0.1) is 13.8 Å². The van der Waals surface area contributed by atoms with Gasteiger partial charge in [-0.2, -0.15) is 0 Å². The standard InChI is InChI=1S/C21H23ClN2O5/c1-13-5-4-6-14(2)21(13)24-18(25)9-10-20(27)29-12-19(26)23-16-11-15(22)7-8-17(16)28-3/h4-8,11H,9-10,12H2,1-3H3,(H,23,26)(H,24,25). The summed E-state index contributed by atoms with van der Waals surface area (Å²) in [6.45, 7) is 3.31. The van der Waals surface area contributed by atoms with Gasteiger partial charge >= 0.3 is 5.97 Å². The Balaban J connectivity index is 1.77. The molecule has 0 atom stereocenters. The third kappa shape index (κ3) is 6.80. The number of methoxy groups -OCH3 is 1. The molecule has 0 aliphatic heterocycles. The number of amides is 2. The molecule has 2 rings (SSSR count). The van der Waals surface area contributed by atoms with Gasteiger partial charge in [-0.15, -0.1) is 0 Å². The molecule has 7 nitrogen and oxygen atoms in total. The number of carbonyl (C=O) groups is 3. The minimum absolute atomic E-state index is 0.0453. The Labute approximate surface area is 174 Å². The summed E-state index contributed by atoms with van der Waals surface area (Å²) in [5, 5.41) is 5.78. The third-order valence-electron chi connectivity index (χ3n) is 4.10. The first kappa shape index (κ1) is 22.2. The maximum Gasteiger partial charge on any atom is 0.306 e. The van der Waals surface area contributed by atoms with Crippen LogP contribution in [-0.4, -0.2) is 31.5 Å². The molecule has 0 unspecified atom stereocenters. The molecule has 29 heavy (non-hydrogen) atoms. The molecule has 2 amide bonds. The van der Waals surface area contributed by atoms with E-state index in [1.165, 1.54) is 13.2 Å². The number of hydrogen-bond acceptors (Lipinski definition) is 5. The number of para-hydroxylation sites is 1. The summed E-state index contributed by atoms with van der Waals surface area (Å²) < 4.78 is 10.1. The third-order valence-corrected chi connectivity index (χ3v) is 4.34. The number of carbonyl (C=O) groups excluding carboxylic acids is 3. The molecule has 0 saturated heterocycles. The molecule has 0 heterocycles. The number of hydrogen-bond donors (Lipinski definition) is 2. The van der Waals surface area contributed by atoms with Gasteiger partial charge in [0.1, 0.15) is 5.75 Å². The van der Waals surface area contributed by atoms with Crippen molar-refractivity contribution in [3.8, 4) is 5.75 Å². The van der Waals surface area contributed by atoms with Gasteiger partial charge < -0.3 is 20.1 Å². The van der Waals surface area contributed by atoms with Crippen LogP contribution < -0.4 is 15.4 Å². The van der Waals surface area contributed by atoms with Crippen LogP contribution in [-0.2, 0) is 19.1 Å². The van der Waals surface area contributed by atoms with E-state index in [-0.39, 0.29) is 18.7 Å². The highest BCUT2D eigenvalue weighted by Crippen LogP contribution is 2.27. The second kappa shape index (κ2) is 10.5. The normalized spacial score (nSPS) is 10.2. The van der Waals surface area contributed by atoms with Crippen molar-refractivity contribution in [3.63, 3.8) is 0 Å². The van der Waals surface area contributed by atoms with Crippen LogP contribution >= 0.6 is 11.6 Å². The fraction of sp³-hybridized carbons (Fsp3) is 0.286. The highest BCUT2D eigenvalue weighted by molar-refractivity contribution is 6.31. The van der Waals surface area contributed by atoms with Crippen LogP contribution in [0.5, 0.6) is 5.75 Å². The van der Waals surface area contributed by atoms with E-state index in [1.807, 2.05) is 32.0 Å². The maximum absolute atomic E-state index is 12.1. The van der Waals surface area contributed by atoms with Gasteiger partial charge in [0.2, 0.25) is 5.91 Å². The molecule has 0 aliphatic rings. The molecule has 2 aromatic carbocycles. The molecule has 2 aromatic rings. The Hall–Kier alpha value is -3.06. The van der Waals surface area contributed by atoms with Gasteiger partial charge in [0, 0.05) is 17.1 Å². The Morgan fingerprint density at radius 2 is 1.66 bits per heavy atom. The van der Waals surface area contributed by atoms with E-state index in [9.17, 15) is 14.4 Å². The molecule has 2 N–H and O–H groups in total. The second-order valence-electron chi connectivity index (χ2n) is 6.37. The zero-order chi connectivity index (χ0) is 21.4. The van der Waals surface area contributed by atoms with Crippen LogP contribution in [0.15, 0.2) is 36.4 Å². The average Bonchev–Trinajstić information content (AvgIpc) is 2.68. The van der Waals surface area contributed by atoms with Crippen molar-refractivity contribution in [2.45, 2.75) is 26.7 Å². The molecule has 0 bridgehead atoms. The summed E-state index contributed by atoms with van der Waals surface area (Å²) in [4.78, 5) is 35.9. The van der Waals surface area contributed by atoms with Crippen molar-refractivity contribution in [1.82, 2.24) is 0 Å². The molecular weight excluding hydrogens is 396 g/mol. The smallest absolute Gasteiger partial charge is 0.306 e. The van der Waals surface area contributed by atoms with Crippen LogP contribution in [0.2, 0.25) is 5.02 Å². The van der Waals surface area contributed by atoms with Gasteiger partial charge in [0.25, 0.3) is 5.91 Å². The van der Waals surface area contributed by atoms with E-state index in [0.29, 0.717) is 16.5 Å². The fourth-order valence-electron chi connectivity index (χ4n) is 2.61. The molecule has 0 aliphatic carbocycles. The zero-order valence-corrected chi connectivity index (χ0v) is 17.3. The number of ether oxygens (including phenoxy) is 2. The molecule has 0 fully saturated rings. The highest BCUT2D eigenvalue weighted by atomic mass is 35.5. The number of esters is 1. The molecule has 8 heteroatoms. The lowest BCUT2D eigenvalue weighted by Gasteiger charge is -2.12. The van der Waals surface area contributed by atoms with Crippen LogP contribution in [0.1, 0.15) is 24.0 Å². The highest BCUT2D eigenvalue weighted by Gasteiger charge is 2.13. The Kier molecular flexibility index (Phi) is 8.03. The van der Waals surface area contributed by atoms with Crippen LogP contribution in [0.4, 0.5) is 11.4 Å². The maximum atomic E-state index is 12.1. The van der Waals surface area contributed by atoms with Gasteiger partial charge in [0.15, 0.2) is 6.61 Å². The molecule has 0 radical (unpaired) electrons. The van der Waals surface area contributed by atoms with Crippen molar-refractivity contribution in [2.24, 2.45) is 0 Å². The summed E-state index contributed by atoms with van der Waals surface area (Å²) in [6, 6.07) is 10.5. The lowest BCUT2D eigenvalue weighted by atomic mass is 10.1. The molecule has 0 spiro atoms. The first-order chi connectivity index (χ1) is 13.8. The molecule has 154 valence electrons. The zero-order valence-electron chi connectivity index (χ0n) is 16.5. The van der Waals surface area contributed by atoms with Gasteiger partial charge in [-0.1, -0.05) is 29.8 Å². The number of benzene rings is 2. The summed E-state index contributed by atoms with van der Waals surface area (Å²) in [5.74, 6) is -1.06. The summed E-state index contributed by atoms with van der Waals surface area (Å²) in [6.07, 6.45) is -0.180. The van der Waals surface area contributed by atoms with E-state index >= 15 is 0 Å².